The highest BCUT2D eigenvalue weighted by molar-refractivity contribution is 9.10. The molecule has 4 nitrogen and oxygen atoms in total. The Morgan fingerprint density at radius 2 is 2.14 bits per heavy atom. The fraction of sp³-hybridized carbons (Fsp3) is 0.375. The third-order valence-electron chi connectivity index (χ3n) is 4.76. The van der Waals surface area contributed by atoms with Crippen LogP contribution < -0.4 is 5.69 Å². The number of aryl methyl sites for hydroxylation is 2. The van der Waals surface area contributed by atoms with Gasteiger partial charge in [0.2, 0.25) is 0 Å². The molecular formula is C16H15BrFN3O. The summed E-state index contributed by atoms with van der Waals surface area (Å²) in [4.78, 5) is 17.1. The molecule has 0 saturated carbocycles. The fourth-order valence-electron chi connectivity index (χ4n) is 3.51. The van der Waals surface area contributed by atoms with Gasteiger partial charge in [0.25, 0.3) is 0 Å². The Bertz CT molecular complexity index is 1020. The molecule has 0 fully saturated rings. The molecule has 0 N–H and O–H groups in total. The van der Waals surface area contributed by atoms with Crippen molar-refractivity contribution in [2.75, 3.05) is 0 Å². The molecule has 0 radical (unpaired) electrons. The summed E-state index contributed by atoms with van der Waals surface area (Å²) in [6.45, 7) is 4.10. The Morgan fingerprint density at radius 1 is 1.41 bits per heavy atom. The average molecular weight is 364 g/mol. The van der Waals surface area contributed by atoms with Crippen LogP contribution >= 0.6 is 15.9 Å². The van der Waals surface area contributed by atoms with Crippen molar-refractivity contribution in [3.8, 4) is 0 Å². The molecule has 0 saturated heterocycles. The van der Waals surface area contributed by atoms with E-state index in [1.54, 1.807) is 17.8 Å². The van der Waals surface area contributed by atoms with Gasteiger partial charge in [0.1, 0.15) is 5.82 Å². The van der Waals surface area contributed by atoms with Gasteiger partial charge in [-0.05, 0) is 48.2 Å². The second-order valence-electron chi connectivity index (χ2n) is 6.53. The molecule has 114 valence electrons. The monoisotopic (exact) mass is 363 g/mol. The van der Waals surface area contributed by atoms with E-state index >= 15 is 0 Å². The van der Waals surface area contributed by atoms with Gasteiger partial charge in [0, 0.05) is 24.0 Å². The summed E-state index contributed by atoms with van der Waals surface area (Å²) in [6.07, 6.45) is 3.12. The average Bonchev–Trinajstić information content (AvgIpc) is 2.64. The van der Waals surface area contributed by atoms with Gasteiger partial charge in [-0.1, -0.05) is 0 Å². The predicted molar refractivity (Wildman–Crippen MR) is 87.8 cm³/mol. The Labute approximate surface area is 134 Å². The number of benzene rings is 1. The van der Waals surface area contributed by atoms with Crippen LogP contribution in [0.4, 0.5) is 4.39 Å². The first-order chi connectivity index (χ1) is 10.3. The van der Waals surface area contributed by atoms with E-state index < -0.39 is 0 Å². The molecule has 3 heterocycles. The summed E-state index contributed by atoms with van der Waals surface area (Å²) in [7, 11) is 1.75. The van der Waals surface area contributed by atoms with E-state index in [0.717, 1.165) is 28.4 Å². The number of aromatic nitrogens is 3. The summed E-state index contributed by atoms with van der Waals surface area (Å²) >= 11 is 3.38. The van der Waals surface area contributed by atoms with Crippen molar-refractivity contribution < 1.29 is 4.39 Å². The van der Waals surface area contributed by atoms with Crippen LogP contribution in [-0.4, -0.2) is 14.1 Å². The molecule has 6 heteroatoms. The van der Waals surface area contributed by atoms with Crippen molar-refractivity contribution in [3.05, 3.63) is 38.6 Å². The number of pyridine rings is 1. The maximum Gasteiger partial charge on any atom is 0.329 e. The normalized spacial score (nSPS) is 16.6. The molecule has 0 aliphatic carbocycles. The highest BCUT2D eigenvalue weighted by Crippen LogP contribution is 2.39. The highest BCUT2D eigenvalue weighted by atomic mass is 79.9. The van der Waals surface area contributed by atoms with Crippen LogP contribution in [-0.2, 0) is 19.0 Å². The standard InChI is InChI=1S/C16H15BrFN3O/c1-16(2)5-4-8-12-10(6-9(18)13(8)17)19-7-11-14(12)21(16)15(22)20(11)3/h6-7H,4-5H2,1-3H3. The van der Waals surface area contributed by atoms with Crippen LogP contribution in [0.25, 0.3) is 21.9 Å². The van der Waals surface area contributed by atoms with E-state index in [4.69, 9.17) is 0 Å². The van der Waals surface area contributed by atoms with E-state index in [1.165, 1.54) is 6.07 Å². The Morgan fingerprint density at radius 3 is 2.86 bits per heavy atom. The van der Waals surface area contributed by atoms with E-state index in [1.807, 2.05) is 4.57 Å². The zero-order chi connectivity index (χ0) is 15.8. The molecule has 3 aromatic rings. The summed E-state index contributed by atoms with van der Waals surface area (Å²) < 4.78 is 18.1. The van der Waals surface area contributed by atoms with Crippen molar-refractivity contribution >= 4 is 37.9 Å². The van der Waals surface area contributed by atoms with Gasteiger partial charge in [-0.15, -0.1) is 0 Å². The molecule has 2 aromatic heterocycles. The summed E-state index contributed by atoms with van der Waals surface area (Å²) in [6, 6.07) is 1.43. The van der Waals surface area contributed by atoms with Crippen molar-refractivity contribution in [1.82, 2.24) is 14.1 Å². The maximum atomic E-state index is 14.2. The third-order valence-corrected chi connectivity index (χ3v) is 5.61. The lowest BCUT2D eigenvalue weighted by molar-refractivity contribution is 0.328. The van der Waals surface area contributed by atoms with Crippen LogP contribution in [0.15, 0.2) is 21.5 Å². The minimum atomic E-state index is -0.334. The lowest BCUT2D eigenvalue weighted by atomic mass is 9.95. The minimum Gasteiger partial charge on any atom is -0.293 e. The van der Waals surface area contributed by atoms with Gasteiger partial charge >= 0.3 is 5.69 Å². The highest BCUT2D eigenvalue weighted by Gasteiger charge is 2.32. The largest absolute Gasteiger partial charge is 0.329 e. The zero-order valence-electron chi connectivity index (χ0n) is 12.6. The van der Waals surface area contributed by atoms with Gasteiger partial charge in [-0.25, -0.2) is 9.18 Å². The van der Waals surface area contributed by atoms with Crippen molar-refractivity contribution in [1.29, 1.82) is 0 Å². The molecule has 0 atom stereocenters. The zero-order valence-corrected chi connectivity index (χ0v) is 14.2. The van der Waals surface area contributed by atoms with Gasteiger partial charge in [-0.2, -0.15) is 0 Å². The summed E-state index contributed by atoms with van der Waals surface area (Å²) in [5, 5.41) is 0.883. The van der Waals surface area contributed by atoms with E-state index in [2.05, 4.69) is 34.8 Å². The van der Waals surface area contributed by atoms with Crippen LogP contribution in [0.5, 0.6) is 0 Å². The van der Waals surface area contributed by atoms with Crippen LogP contribution in [0.2, 0.25) is 0 Å². The molecule has 0 spiro atoms. The maximum absolute atomic E-state index is 14.2. The molecule has 0 unspecified atom stereocenters. The molecule has 0 bridgehead atoms. The molecule has 1 aromatic carbocycles. The smallest absolute Gasteiger partial charge is 0.293 e. The number of halogens is 2. The SMILES string of the molecule is Cn1c(=O)n2c3c4c(c(Br)c(F)cc4ncc31)CCC2(C)C. The summed E-state index contributed by atoms with van der Waals surface area (Å²) in [5.41, 5.74) is 2.75. The van der Waals surface area contributed by atoms with Crippen LogP contribution in [0, 0.1) is 5.82 Å². The van der Waals surface area contributed by atoms with Crippen molar-refractivity contribution in [2.45, 2.75) is 32.2 Å². The number of hydrogen-bond acceptors (Lipinski definition) is 2. The first kappa shape index (κ1) is 13.9. The topological polar surface area (TPSA) is 39.8 Å². The second-order valence-corrected chi connectivity index (χ2v) is 7.32. The van der Waals surface area contributed by atoms with Crippen LogP contribution in [0.3, 0.4) is 0 Å². The number of imidazole rings is 1. The van der Waals surface area contributed by atoms with Crippen LogP contribution in [0.1, 0.15) is 25.8 Å². The van der Waals surface area contributed by atoms with E-state index in [-0.39, 0.29) is 17.0 Å². The Hall–Kier alpha value is -1.69. The second kappa shape index (κ2) is 4.19. The Balaban J connectivity index is 2.39. The van der Waals surface area contributed by atoms with E-state index in [9.17, 15) is 9.18 Å². The van der Waals surface area contributed by atoms with Gasteiger partial charge in [0.15, 0.2) is 0 Å². The number of hydrogen-bond donors (Lipinski definition) is 0. The van der Waals surface area contributed by atoms with Crippen molar-refractivity contribution in [3.63, 3.8) is 0 Å². The number of nitrogens with zero attached hydrogens (tertiary/aromatic N) is 3. The number of rotatable bonds is 0. The molecular weight excluding hydrogens is 349 g/mol. The molecule has 0 amide bonds. The van der Waals surface area contributed by atoms with Crippen molar-refractivity contribution in [2.24, 2.45) is 7.05 Å². The molecule has 1 aliphatic rings. The first-order valence-electron chi connectivity index (χ1n) is 7.20. The fourth-order valence-corrected chi connectivity index (χ4v) is 4.02. The molecule has 22 heavy (non-hydrogen) atoms. The third kappa shape index (κ3) is 1.56. The predicted octanol–water partition coefficient (Wildman–Crippen LogP) is 3.47. The lowest BCUT2D eigenvalue weighted by Gasteiger charge is -2.25. The van der Waals surface area contributed by atoms with Gasteiger partial charge in [0.05, 0.1) is 27.2 Å². The lowest BCUT2D eigenvalue weighted by Crippen LogP contribution is -2.36. The summed E-state index contributed by atoms with van der Waals surface area (Å²) in [5.74, 6) is -0.307. The molecule has 4 rings (SSSR count). The quantitative estimate of drug-likeness (QED) is 0.613. The first-order valence-corrected chi connectivity index (χ1v) is 8.00. The van der Waals surface area contributed by atoms with Gasteiger partial charge < -0.3 is 0 Å². The van der Waals surface area contributed by atoms with Gasteiger partial charge in [-0.3, -0.25) is 14.1 Å². The Kier molecular flexibility index (Phi) is 2.65. The van der Waals surface area contributed by atoms with E-state index in [0.29, 0.717) is 16.4 Å². The minimum absolute atomic E-state index is 0.0532. The molecule has 1 aliphatic heterocycles.